The zero-order chi connectivity index (χ0) is 16.4. The van der Waals surface area contributed by atoms with Gasteiger partial charge >= 0.3 is 0 Å². The first kappa shape index (κ1) is 15.1. The van der Waals surface area contributed by atoms with E-state index in [4.69, 9.17) is 0 Å². The molecule has 0 bridgehead atoms. The summed E-state index contributed by atoms with van der Waals surface area (Å²) >= 11 is 0. The number of halogens is 1. The first-order valence-electron chi connectivity index (χ1n) is 7.28. The van der Waals surface area contributed by atoms with Gasteiger partial charge in [0.05, 0.1) is 12.1 Å². The second-order valence-corrected chi connectivity index (χ2v) is 5.52. The van der Waals surface area contributed by atoms with Crippen LogP contribution in [0.5, 0.6) is 0 Å². The van der Waals surface area contributed by atoms with Crippen LogP contribution in [-0.2, 0) is 4.79 Å². The average molecular weight is 313 g/mol. The predicted octanol–water partition coefficient (Wildman–Crippen LogP) is 1.92. The van der Waals surface area contributed by atoms with Gasteiger partial charge < -0.3 is 10.2 Å². The Morgan fingerprint density at radius 2 is 1.87 bits per heavy atom. The Morgan fingerprint density at radius 1 is 1.22 bits per heavy atom. The quantitative estimate of drug-likeness (QED) is 0.942. The summed E-state index contributed by atoms with van der Waals surface area (Å²) in [5, 5.41) is 2.90. The van der Waals surface area contributed by atoms with Crippen LogP contribution in [0, 0.1) is 5.82 Å². The lowest BCUT2D eigenvalue weighted by Gasteiger charge is -2.26. The third-order valence-electron chi connectivity index (χ3n) is 4.06. The largest absolute Gasteiger partial charge is 0.346 e. The van der Waals surface area contributed by atoms with Gasteiger partial charge in [-0.1, -0.05) is 12.1 Å². The van der Waals surface area contributed by atoms with Gasteiger partial charge in [-0.05, 0) is 29.8 Å². The monoisotopic (exact) mass is 313 g/mol. The van der Waals surface area contributed by atoms with E-state index in [-0.39, 0.29) is 36.1 Å². The summed E-state index contributed by atoms with van der Waals surface area (Å²) in [6.07, 6.45) is 3.30. The molecule has 1 fully saturated rings. The van der Waals surface area contributed by atoms with Gasteiger partial charge in [-0.25, -0.2) is 4.39 Å². The maximum absolute atomic E-state index is 13.1. The van der Waals surface area contributed by atoms with Crippen molar-refractivity contribution in [3.8, 4) is 0 Å². The summed E-state index contributed by atoms with van der Waals surface area (Å²) in [5.74, 6) is -0.648. The Bertz CT molecular complexity index is 718. The lowest BCUT2D eigenvalue weighted by atomic mass is 10.00. The fourth-order valence-corrected chi connectivity index (χ4v) is 2.87. The van der Waals surface area contributed by atoms with Gasteiger partial charge in [0.2, 0.25) is 5.91 Å². The molecule has 0 aliphatic carbocycles. The molecule has 2 aromatic rings. The molecule has 2 atom stereocenters. The van der Waals surface area contributed by atoms with Crippen molar-refractivity contribution in [1.29, 1.82) is 0 Å². The lowest BCUT2D eigenvalue weighted by Crippen LogP contribution is -2.39. The number of aromatic nitrogens is 1. The lowest BCUT2D eigenvalue weighted by molar-refractivity contribution is -0.127. The SMILES string of the molecule is CN1C(=O)C[C@@H](NC(=O)c2ccncc2)[C@H]1c1ccc(F)cc1. The van der Waals surface area contributed by atoms with Crippen LogP contribution in [-0.4, -0.2) is 34.8 Å². The highest BCUT2D eigenvalue weighted by Crippen LogP contribution is 2.32. The molecule has 0 saturated carbocycles. The van der Waals surface area contributed by atoms with Gasteiger partial charge in [0.25, 0.3) is 5.91 Å². The van der Waals surface area contributed by atoms with Crippen LogP contribution < -0.4 is 5.32 Å². The summed E-state index contributed by atoms with van der Waals surface area (Å²) in [6, 6.07) is 8.54. The molecule has 1 aliphatic heterocycles. The predicted molar refractivity (Wildman–Crippen MR) is 82.0 cm³/mol. The highest BCUT2D eigenvalue weighted by atomic mass is 19.1. The Morgan fingerprint density at radius 3 is 2.52 bits per heavy atom. The van der Waals surface area contributed by atoms with Crippen molar-refractivity contribution in [1.82, 2.24) is 15.2 Å². The Balaban J connectivity index is 1.83. The summed E-state index contributed by atoms with van der Waals surface area (Å²) in [7, 11) is 1.69. The van der Waals surface area contributed by atoms with Crippen molar-refractivity contribution < 1.29 is 14.0 Å². The van der Waals surface area contributed by atoms with E-state index in [0.29, 0.717) is 5.56 Å². The number of pyridine rings is 1. The van der Waals surface area contributed by atoms with E-state index in [9.17, 15) is 14.0 Å². The van der Waals surface area contributed by atoms with Crippen molar-refractivity contribution in [3.63, 3.8) is 0 Å². The number of benzene rings is 1. The second kappa shape index (κ2) is 6.16. The minimum atomic E-state index is -0.362. The normalized spacial score (nSPS) is 20.6. The maximum Gasteiger partial charge on any atom is 0.251 e. The minimum Gasteiger partial charge on any atom is -0.346 e. The van der Waals surface area contributed by atoms with Crippen LogP contribution >= 0.6 is 0 Å². The Hall–Kier alpha value is -2.76. The van der Waals surface area contributed by atoms with Gasteiger partial charge in [0.1, 0.15) is 5.82 Å². The van der Waals surface area contributed by atoms with Gasteiger partial charge in [0.15, 0.2) is 0 Å². The molecule has 3 rings (SSSR count). The molecule has 1 saturated heterocycles. The van der Waals surface area contributed by atoms with Crippen molar-refractivity contribution in [3.05, 3.63) is 65.7 Å². The van der Waals surface area contributed by atoms with Crippen molar-refractivity contribution >= 4 is 11.8 Å². The topological polar surface area (TPSA) is 62.3 Å². The highest BCUT2D eigenvalue weighted by Gasteiger charge is 2.39. The molecule has 1 aliphatic rings. The molecule has 2 amide bonds. The standard InChI is InChI=1S/C17H16FN3O2/c1-21-15(22)10-14(16(21)11-2-4-13(18)5-3-11)20-17(23)12-6-8-19-9-7-12/h2-9,14,16H,10H2,1H3,(H,20,23)/t14-,16-/m1/s1. The molecule has 0 radical (unpaired) electrons. The Labute approximate surface area is 133 Å². The van der Waals surface area contributed by atoms with Gasteiger partial charge in [-0.15, -0.1) is 0 Å². The van der Waals surface area contributed by atoms with E-state index in [1.807, 2.05) is 0 Å². The number of hydrogen-bond donors (Lipinski definition) is 1. The van der Waals surface area contributed by atoms with Crippen LogP contribution in [0.1, 0.15) is 28.4 Å². The van der Waals surface area contributed by atoms with Crippen LogP contribution in [0.2, 0.25) is 0 Å². The zero-order valence-electron chi connectivity index (χ0n) is 12.6. The molecular formula is C17H16FN3O2. The van der Waals surface area contributed by atoms with Crippen LogP contribution in [0.3, 0.4) is 0 Å². The summed E-state index contributed by atoms with van der Waals surface area (Å²) < 4.78 is 13.1. The van der Waals surface area contributed by atoms with Crippen molar-refractivity contribution in [2.24, 2.45) is 0 Å². The molecule has 0 spiro atoms. The van der Waals surface area contributed by atoms with Gasteiger partial charge in [0, 0.05) is 31.4 Å². The van der Waals surface area contributed by atoms with E-state index in [1.165, 1.54) is 24.5 Å². The molecule has 1 N–H and O–H groups in total. The van der Waals surface area contributed by atoms with E-state index < -0.39 is 0 Å². The highest BCUT2D eigenvalue weighted by molar-refractivity contribution is 5.95. The summed E-state index contributed by atoms with van der Waals surface area (Å²) in [5.41, 5.74) is 1.28. The number of nitrogens with zero attached hydrogens (tertiary/aromatic N) is 2. The molecule has 118 valence electrons. The zero-order valence-corrected chi connectivity index (χ0v) is 12.6. The molecule has 23 heavy (non-hydrogen) atoms. The van der Waals surface area contributed by atoms with Gasteiger partial charge in [-0.3, -0.25) is 14.6 Å². The molecule has 1 aromatic heterocycles. The van der Waals surface area contributed by atoms with Gasteiger partial charge in [-0.2, -0.15) is 0 Å². The number of carbonyl (C=O) groups is 2. The number of likely N-dealkylation sites (N-methyl/N-ethyl adjacent to an activating group) is 1. The molecule has 6 heteroatoms. The smallest absolute Gasteiger partial charge is 0.251 e. The van der Waals surface area contributed by atoms with Crippen molar-refractivity contribution in [2.75, 3.05) is 7.05 Å². The van der Waals surface area contributed by atoms with E-state index in [1.54, 1.807) is 36.2 Å². The number of rotatable bonds is 3. The maximum atomic E-state index is 13.1. The van der Waals surface area contributed by atoms with E-state index in [2.05, 4.69) is 10.3 Å². The first-order valence-corrected chi connectivity index (χ1v) is 7.28. The molecule has 2 heterocycles. The van der Waals surface area contributed by atoms with Crippen LogP contribution in [0.15, 0.2) is 48.8 Å². The number of carbonyl (C=O) groups excluding carboxylic acids is 2. The van der Waals surface area contributed by atoms with E-state index >= 15 is 0 Å². The molecule has 1 aromatic carbocycles. The first-order chi connectivity index (χ1) is 11.1. The second-order valence-electron chi connectivity index (χ2n) is 5.52. The van der Waals surface area contributed by atoms with Crippen molar-refractivity contribution in [2.45, 2.75) is 18.5 Å². The van der Waals surface area contributed by atoms with E-state index in [0.717, 1.165) is 5.56 Å². The third-order valence-corrected chi connectivity index (χ3v) is 4.06. The fraction of sp³-hybridized carbons (Fsp3) is 0.235. The number of nitrogens with one attached hydrogen (secondary N) is 1. The summed E-state index contributed by atoms with van der Waals surface area (Å²) in [4.78, 5) is 29.8. The van der Waals surface area contributed by atoms with Crippen LogP contribution in [0.25, 0.3) is 0 Å². The molecule has 5 nitrogen and oxygen atoms in total. The van der Waals surface area contributed by atoms with Crippen LogP contribution in [0.4, 0.5) is 4.39 Å². The number of likely N-dealkylation sites (tertiary alicyclic amines) is 1. The Kier molecular flexibility index (Phi) is 4.06. The number of hydrogen-bond acceptors (Lipinski definition) is 3. The number of amides is 2. The third kappa shape index (κ3) is 3.06. The fourth-order valence-electron chi connectivity index (χ4n) is 2.87. The summed E-state index contributed by atoms with van der Waals surface area (Å²) in [6.45, 7) is 0. The minimum absolute atomic E-state index is 0.0562. The molecular weight excluding hydrogens is 297 g/mol. The average Bonchev–Trinajstić information content (AvgIpc) is 2.83. The molecule has 0 unspecified atom stereocenters.